The lowest BCUT2D eigenvalue weighted by molar-refractivity contribution is 0.414. The predicted molar refractivity (Wildman–Crippen MR) is 107 cm³/mol. The highest BCUT2D eigenvalue weighted by molar-refractivity contribution is 7.92. The normalized spacial score (nSPS) is 11.0. The molecule has 3 aromatic rings. The first-order valence-corrected chi connectivity index (χ1v) is 9.97. The molecule has 0 radical (unpaired) electrons. The number of pyridine rings is 1. The van der Waals surface area contributed by atoms with E-state index in [4.69, 9.17) is 4.74 Å². The molecule has 0 amide bonds. The molecule has 140 valence electrons. The smallest absolute Gasteiger partial charge is 0.263 e. The minimum Gasteiger partial charge on any atom is -0.497 e. The van der Waals surface area contributed by atoms with Crippen molar-refractivity contribution < 1.29 is 13.2 Å². The van der Waals surface area contributed by atoms with Gasteiger partial charge in [-0.1, -0.05) is 18.2 Å². The number of hydrogen-bond donors (Lipinski definition) is 1. The summed E-state index contributed by atoms with van der Waals surface area (Å²) in [7, 11) is -2.18. The average molecular weight is 383 g/mol. The highest BCUT2D eigenvalue weighted by Gasteiger charge is 2.15. The number of aromatic nitrogens is 1. The van der Waals surface area contributed by atoms with Gasteiger partial charge >= 0.3 is 0 Å². The highest BCUT2D eigenvalue weighted by Crippen LogP contribution is 2.25. The van der Waals surface area contributed by atoms with Crippen LogP contribution in [0.2, 0.25) is 0 Å². The van der Waals surface area contributed by atoms with Crippen molar-refractivity contribution in [2.45, 2.75) is 11.8 Å². The number of rotatable bonds is 7. The van der Waals surface area contributed by atoms with Crippen molar-refractivity contribution in [1.29, 1.82) is 0 Å². The molecule has 1 aromatic heterocycles. The maximum atomic E-state index is 12.5. The summed E-state index contributed by atoms with van der Waals surface area (Å²) in [6.45, 7) is 2.82. The second kappa shape index (κ2) is 8.09. The van der Waals surface area contributed by atoms with Crippen molar-refractivity contribution in [3.63, 3.8) is 0 Å². The van der Waals surface area contributed by atoms with Gasteiger partial charge in [0.05, 0.1) is 23.9 Å². The predicted octanol–water partition coefficient (Wildman–Crippen LogP) is 4.05. The van der Waals surface area contributed by atoms with E-state index in [1.165, 1.54) is 19.2 Å². The van der Waals surface area contributed by atoms with Crippen molar-refractivity contribution in [2.75, 3.05) is 23.3 Å². The third kappa shape index (κ3) is 4.38. The van der Waals surface area contributed by atoms with Gasteiger partial charge in [-0.2, -0.15) is 0 Å². The molecule has 27 heavy (non-hydrogen) atoms. The number of nitrogens with zero attached hydrogens (tertiary/aromatic N) is 2. The number of hydrogen-bond acceptors (Lipinski definition) is 5. The molecule has 6 nitrogen and oxygen atoms in total. The van der Waals surface area contributed by atoms with E-state index in [9.17, 15) is 8.42 Å². The fourth-order valence-electron chi connectivity index (χ4n) is 2.68. The summed E-state index contributed by atoms with van der Waals surface area (Å²) in [5.41, 5.74) is 1.93. The van der Waals surface area contributed by atoms with Gasteiger partial charge in [0.25, 0.3) is 10.0 Å². The zero-order chi connectivity index (χ0) is 19.3. The van der Waals surface area contributed by atoms with Crippen LogP contribution < -0.4 is 14.4 Å². The van der Waals surface area contributed by atoms with Crippen LogP contribution in [0.25, 0.3) is 0 Å². The van der Waals surface area contributed by atoms with E-state index in [2.05, 4.69) is 14.6 Å². The Morgan fingerprint density at radius 1 is 0.963 bits per heavy atom. The molecular weight excluding hydrogens is 362 g/mol. The Hall–Kier alpha value is -3.06. The van der Waals surface area contributed by atoms with E-state index < -0.39 is 10.0 Å². The lowest BCUT2D eigenvalue weighted by atomic mass is 10.2. The van der Waals surface area contributed by atoms with Crippen LogP contribution in [0.15, 0.2) is 77.8 Å². The van der Waals surface area contributed by atoms with Crippen LogP contribution in [0.4, 0.5) is 17.2 Å². The number of sulfonamides is 1. The molecular formula is C20H21N3O3S. The molecule has 0 spiro atoms. The van der Waals surface area contributed by atoms with Crippen molar-refractivity contribution in [2.24, 2.45) is 0 Å². The molecule has 0 aliphatic carbocycles. The third-order valence-corrected chi connectivity index (χ3v) is 5.42. The molecule has 1 N–H and O–H groups in total. The molecule has 0 saturated heterocycles. The van der Waals surface area contributed by atoms with E-state index in [1.54, 1.807) is 24.4 Å². The molecule has 0 aliphatic heterocycles. The molecule has 0 unspecified atom stereocenters. The van der Waals surface area contributed by atoms with Crippen LogP contribution in [0.3, 0.4) is 0 Å². The van der Waals surface area contributed by atoms with Crippen molar-refractivity contribution in [3.8, 4) is 5.75 Å². The lowest BCUT2D eigenvalue weighted by Gasteiger charge is -2.23. The number of anilines is 3. The molecule has 0 atom stereocenters. The van der Waals surface area contributed by atoms with E-state index in [-0.39, 0.29) is 10.7 Å². The standard InChI is InChI=1S/C20H21N3O3S/c1-3-23(16-7-5-4-6-8-16)17-9-14-20(21-15-17)22-27(24,25)19-12-10-18(26-2)11-13-19/h4-15H,3H2,1-2H3,(H,21,22). The van der Waals surface area contributed by atoms with Gasteiger partial charge in [-0.25, -0.2) is 13.4 Å². The number of para-hydroxylation sites is 1. The van der Waals surface area contributed by atoms with Gasteiger partial charge in [-0.15, -0.1) is 0 Å². The minimum absolute atomic E-state index is 0.147. The highest BCUT2D eigenvalue weighted by atomic mass is 32.2. The van der Waals surface area contributed by atoms with Crippen LogP contribution in [0.5, 0.6) is 5.75 Å². The van der Waals surface area contributed by atoms with E-state index >= 15 is 0 Å². The topological polar surface area (TPSA) is 71.5 Å². The summed E-state index contributed by atoms with van der Waals surface area (Å²) < 4.78 is 32.5. The summed E-state index contributed by atoms with van der Waals surface area (Å²) in [5, 5.41) is 0. The van der Waals surface area contributed by atoms with Gasteiger partial charge in [0.15, 0.2) is 0 Å². The fourth-order valence-corrected chi connectivity index (χ4v) is 3.69. The number of methoxy groups -OCH3 is 1. The first-order chi connectivity index (χ1) is 13.0. The first-order valence-electron chi connectivity index (χ1n) is 8.49. The molecule has 0 aliphatic rings. The molecule has 1 heterocycles. The van der Waals surface area contributed by atoms with Gasteiger partial charge in [0.1, 0.15) is 11.6 Å². The van der Waals surface area contributed by atoms with Crippen LogP contribution in [0, 0.1) is 0 Å². The van der Waals surface area contributed by atoms with Crippen LogP contribution in [-0.2, 0) is 10.0 Å². The Morgan fingerprint density at radius 3 is 2.22 bits per heavy atom. The quantitative estimate of drug-likeness (QED) is 0.666. The Labute approximate surface area is 159 Å². The summed E-state index contributed by atoms with van der Waals surface area (Å²) in [6, 6.07) is 19.6. The largest absolute Gasteiger partial charge is 0.497 e. The second-order valence-electron chi connectivity index (χ2n) is 5.76. The van der Waals surface area contributed by atoms with E-state index in [1.807, 2.05) is 43.3 Å². The first kappa shape index (κ1) is 18.7. The summed E-state index contributed by atoms with van der Waals surface area (Å²) in [5.74, 6) is 0.857. The zero-order valence-electron chi connectivity index (χ0n) is 15.2. The summed E-state index contributed by atoms with van der Waals surface area (Å²) >= 11 is 0. The monoisotopic (exact) mass is 383 g/mol. The number of ether oxygens (including phenoxy) is 1. The Balaban J connectivity index is 1.78. The average Bonchev–Trinajstić information content (AvgIpc) is 2.70. The SMILES string of the molecule is CCN(c1ccccc1)c1ccc(NS(=O)(=O)c2ccc(OC)cc2)nc1. The minimum atomic E-state index is -3.71. The van der Waals surface area contributed by atoms with Crippen molar-refractivity contribution in [1.82, 2.24) is 4.98 Å². The third-order valence-electron chi connectivity index (χ3n) is 4.05. The second-order valence-corrected chi connectivity index (χ2v) is 7.44. The fraction of sp³-hybridized carbons (Fsp3) is 0.150. The maximum absolute atomic E-state index is 12.5. The van der Waals surface area contributed by atoms with Crippen LogP contribution in [0.1, 0.15) is 6.92 Å². The van der Waals surface area contributed by atoms with E-state index in [0.717, 1.165) is 17.9 Å². The van der Waals surface area contributed by atoms with Crippen LogP contribution in [-0.4, -0.2) is 27.1 Å². The van der Waals surface area contributed by atoms with Crippen molar-refractivity contribution in [3.05, 3.63) is 72.9 Å². The van der Waals surface area contributed by atoms with Gasteiger partial charge in [0, 0.05) is 12.2 Å². The molecule has 0 saturated carbocycles. The molecule has 2 aromatic carbocycles. The maximum Gasteiger partial charge on any atom is 0.263 e. The van der Waals surface area contributed by atoms with Gasteiger partial charge in [0.2, 0.25) is 0 Å². The van der Waals surface area contributed by atoms with Gasteiger partial charge in [-0.3, -0.25) is 4.72 Å². The molecule has 0 bridgehead atoms. The van der Waals surface area contributed by atoms with Gasteiger partial charge in [-0.05, 0) is 55.5 Å². The van der Waals surface area contributed by atoms with Gasteiger partial charge < -0.3 is 9.64 Å². The van der Waals surface area contributed by atoms with Crippen LogP contribution >= 0.6 is 0 Å². The zero-order valence-corrected chi connectivity index (χ0v) is 16.0. The Morgan fingerprint density at radius 2 is 1.67 bits per heavy atom. The molecule has 7 heteroatoms. The summed E-state index contributed by atoms with van der Waals surface area (Å²) in [4.78, 5) is 6.50. The summed E-state index contributed by atoms with van der Waals surface area (Å²) in [6.07, 6.45) is 1.66. The lowest BCUT2D eigenvalue weighted by Crippen LogP contribution is -2.17. The molecule has 3 rings (SSSR count). The number of nitrogens with one attached hydrogen (secondary N) is 1. The Kier molecular flexibility index (Phi) is 5.61. The number of benzene rings is 2. The van der Waals surface area contributed by atoms with Crippen molar-refractivity contribution >= 4 is 27.2 Å². The molecule has 0 fully saturated rings. The van der Waals surface area contributed by atoms with E-state index in [0.29, 0.717) is 5.75 Å². The Bertz CT molecular complexity index is 973.